The number of piperazine rings is 1. The molecule has 3 N–H and O–H groups in total. The first kappa shape index (κ1) is 37.7. The molecule has 5 aliphatic rings. The van der Waals surface area contributed by atoms with Gasteiger partial charge < -0.3 is 30.1 Å². The molecule has 3 amide bonds. The van der Waals surface area contributed by atoms with E-state index in [2.05, 4.69) is 42.6 Å². The molecule has 7 heterocycles. The number of ether oxygens (including phenoxy) is 1. The largest absolute Gasteiger partial charge is 0.474 e. The van der Waals surface area contributed by atoms with E-state index in [1.807, 2.05) is 24.2 Å². The zero-order chi connectivity index (χ0) is 40.1. The van der Waals surface area contributed by atoms with Crippen LogP contribution in [0.15, 0.2) is 42.7 Å². The number of amides is 3. The van der Waals surface area contributed by atoms with E-state index in [1.165, 1.54) is 12.1 Å². The first-order valence-electron chi connectivity index (χ1n) is 20.0. The van der Waals surface area contributed by atoms with Crippen LogP contribution >= 0.6 is 0 Å². The Bertz CT molecular complexity index is 2290. The molecule has 1 atom stereocenters. The number of carbonyl (C=O) groups is 3. The van der Waals surface area contributed by atoms with Gasteiger partial charge in [-0.3, -0.25) is 24.6 Å². The molecule has 0 saturated carbocycles. The average Bonchev–Trinajstić information content (AvgIpc) is 3.20. The molecule has 3 fully saturated rings. The van der Waals surface area contributed by atoms with Gasteiger partial charge in [-0.25, -0.2) is 23.7 Å². The van der Waals surface area contributed by atoms with E-state index in [0.717, 1.165) is 53.3 Å². The van der Waals surface area contributed by atoms with Gasteiger partial charge in [0.2, 0.25) is 29.5 Å². The molecule has 0 aliphatic carbocycles. The number of halogens is 2. The number of anilines is 5. The molecule has 16 heteroatoms. The van der Waals surface area contributed by atoms with Gasteiger partial charge in [0, 0.05) is 82.3 Å². The van der Waals surface area contributed by atoms with Crippen LogP contribution < -0.4 is 30.5 Å². The highest BCUT2D eigenvalue weighted by Crippen LogP contribution is 2.37. The van der Waals surface area contributed by atoms with Gasteiger partial charge in [-0.05, 0) is 73.2 Å². The monoisotopic (exact) mass is 792 g/mol. The predicted molar refractivity (Wildman–Crippen MR) is 214 cm³/mol. The van der Waals surface area contributed by atoms with Crippen LogP contribution in [0.2, 0.25) is 0 Å². The van der Waals surface area contributed by atoms with Crippen LogP contribution in [0, 0.1) is 25.5 Å². The predicted octanol–water partition coefficient (Wildman–Crippen LogP) is 3.97. The van der Waals surface area contributed by atoms with Crippen LogP contribution in [-0.4, -0.2) is 107 Å². The van der Waals surface area contributed by atoms with Gasteiger partial charge in [0.25, 0.3) is 0 Å². The lowest BCUT2D eigenvalue weighted by atomic mass is 9.87. The summed E-state index contributed by atoms with van der Waals surface area (Å²) in [6, 6.07) is 8.22. The van der Waals surface area contributed by atoms with Crippen molar-refractivity contribution in [3.05, 3.63) is 87.9 Å². The third-order valence-corrected chi connectivity index (χ3v) is 12.2. The summed E-state index contributed by atoms with van der Waals surface area (Å²) in [5, 5.41) is 8.90. The minimum Gasteiger partial charge on any atom is -0.474 e. The van der Waals surface area contributed by atoms with E-state index < -0.39 is 11.7 Å². The normalized spacial score (nSPS) is 19.7. The van der Waals surface area contributed by atoms with Gasteiger partial charge in [-0.15, -0.1) is 0 Å². The molecule has 5 aliphatic heterocycles. The number of rotatable bonds is 8. The minimum atomic E-state index is -0.533. The van der Waals surface area contributed by atoms with Gasteiger partial charge >= 0.3 is 0 Å². The Kier molecular flexibility index (Phi) is 10.0. The van der Waals surface area contributed by atoms with Crippen molar-refractivity contribution in [1.82, 2.24) is 30.1 Å². The van der Waals surface area contributed by atoms with Gasteiger partial charge in [-0.1, -0.05) is 6.07 Å². The number of hydrogen-bond donors (Lipinski definition) is 3. The van der Waals surface area contributed by atoms with Crippen molar-refractivity contribution in [3.8, 4) is 5.88 Å². The Labute approximate surface area is 335 Å². The highest BCUT2D eigenvalue weighted by Gasteiger charge is 2.37. The molecule has 14 nitrogen and oxygen atoms in total. The highest BCUT2D eigenvalue weighted by molar-refractivity contribution is 6.01. The van der Waals surface area contributed by atoms with E-state index in [9.17, 15) is 14.4 Å². The Morgan fingerprint density at radius 2 is 1.78 bits per heavy atom. The van der Waals surface area contributed by atoms with E-state index in [4.69, 9.17) is 9.72 Å². The zero-order valence-electron chi connectivity index (χ0n) is 32.6. The first-order chi connectivity index (χ1) is 28.1. The topological polar surface area (TPSA) is 148 Å². The zero-order valence-corrected chi connectivity index (χ0v) is 32.6. The summed E-state index contributed by atoms with van der Waals surface area (Å²) < 4.78 is 36.4. The van der Waals surface area contributed by atoms with Crippen LogP contribution in [-0.2, 0) is 33.8 Å². The molecule has 1 unspecified atom stereocenters. The molecule has 58 heavy (non-hydrogen) atoms. The van der Waals surface area contributed by atoms with Gasteiger partial charge in [0.1, 0.15) is 23.9 Å². The quantitative estimate of drug-likeness (QED) is 0.222. The Morgan fingerprint density at radius 3 is 2.57 bits per heavy atom. The number of imide groups is 1. The van der Waals surface area contributed by atoms with E-state index >= 15 is 8.78 Å². The van der Waals surface area contributed by atoms with Crippen molar-refractivity contribution in [1.29, 1.82) is 0 Å². The van der Waals surface area contributed by atoms with Crippen molar-refractivity contribution in [2.75, 3.05) is 79.4 Å². The van der Waals surface area contributed by atoms with Crippen LogP contribution in [0.25, 0.3) is 0 Å². The average molecular weight is 793 g/mol. The summed E-state index contributed by atoms with van der Waals surface area (Å²) in [5.74, 6) is -1.18. The van der Waals surface area contributed by atoms with Crippen molar-refractivity contribution < 1.29 is 27.9 Å². The Balaban J connectivity index is 0.758. The molecule has 3 saturated heterocycles. The third kappa shape index (κ3) is 7.36. The molecule has 9 rings (SSSR count). The number of carbonyl (C=O) groups excluding carboxylic acids is 3. The second kappa shape index (κ2) is 15.5. The summed E-state index contributed by atoms with van der Waals surface area (Å²) >= 11 is 0. The maximum absolute atomic E-state index is 15.4. The van der Waals surface area contributed by atoms with Crippen molar-refractivity contribution in [2.24, 2.45) is 0 Å². The fraction of sp³-hybridized carbons (Fsp3) is 0.429. The lowest BCUT2D eigenvalue weighted by molar-refractivity contribution is -0.134. The number of aryl methyl sites for hydroxylation is 1. The van der Waals surface area contributed by atoms with E-state index in [-0.39, 0.29) is 42.4 Å². The Morgan fingerprint density at radius 1 is 0.948 bits per heavy atom. The SMILES string of the molecule is Cc1cc(N2CC(N3CCN(C(=O)Cc4ccc(Nc5ncc6c(n5)CN(c5cnc7c(c5C)NCCO7)CC6)cc4F)CC3)C2)c(F)cc1C1CCC(=O)NC1=O. The third-order valence-electron chi connectivity index (χ3n) is 12.2. The van der Waals surface area contributed by atoms with E-state index in [0.29, 0.717) is 93.2 Å². The lowest BCUT2D eigenvalue weighted by Crippen LogP contribution is -2.63. The van der Waals surface area contributed by atoms with Crippen LogP contribution in [0.3, 0.4) is 0 Å². The summed E-state index contributed by atoms with van der Waals surface area (Å²) in [6.45, 7) is 10.4. The van der Waals surface area contributed by atoms with Crippen LogP contribution in [0.5, 0.6) is 5.88 Å². The summed E-state index contributed by atoms with van der Waals surface area (Å²) in [4.78, 5) is 59.4. The number of nitrogens with zero attached hydrogens (tertiary/aromatic N) is 7. The maximum atomic E-state index is 15.4. The maximum Gasteiger partial charge on any atom is 0.237 e. The van der Waals surface area contributed by atoms with Crippen molar-refractivity contribution in [2.45, 2.75) is 58.0 Å². The molecule has 0 bridgehead atoms. The lowest BCUT2D eigenvalue weighted by Gasteiger charge is -2.49. The second-order valence-corrected chi connectivity index (χ2v) is 15.8. The highest BCUT2D eigenvalue weighted by atomic mass is 19.1. The van der Waals surface area contributed by atoms with Gasteiger partial charge in [-0.2, -0.15) is 0 Å². The standard InChI is InChI=1S/C42H46F2N10O4/c1-24-15-35(33(44)18-31(24)30-5-6-37(55)50-40(30)57)54-21-29(22-54)51-10-12-52(13-11-51)38(56)16-26-3-4-28(17-32(26)43)48-42-47-19-27-7-9-53(23-34(27)49-42)36-20-46-41-39(25(36)2)45-8-14-58-41/h3-4,15,17-20,29-30,45H,5-14,16,21-23H2,1-2H3,(H,47,48,49)(H,50,55,57). The first-order valence-corrected chi connectivity index (χ1v) is 20.0. The summed E-state index contributed by atoms with van der Waals surface area (Å²) in [7, 11) is 0. The fourth-order valence-electron chi connectivity index (χ4n) is 8.78. The molecule has 2 aromatic heterocycles. The van der Waals surface area contributed by atoms with Crippen molar-refractivity contribution in [3.63, 3.8) is 0 Å². The molecule has 4 aromatic rings. The van der Waals surface area contributed by atoms with Crippen LogP contribution in [0.4, 0.5) is 37.5 Å². The van der Waals surface area contributed by atoms with Crippen LogP contribution in [0.1, 0.15) is 52.3 Å². The van der Waals surface area contributed by atoms with Gasteiger partial charge in [0.05, 0.1) is 42.1 Å². The summed E-state index contributed by atoms with van der Waals surface area (Å²) in [5.41, 5.74) is 7.77. The number of hydrogen-bond acceptors (Lipinski definition) is 12. The number of piperidine rings is 1. The number of nitrogens with one attached hydrogen (secondary N) is 3. The number of fused-ring (bicyclic) bond motifs is 2. The van der Waals surface area contributed by atoms with Gasteiger partial charge in [0.15, 0.2) is 0 Å². The van der Waals surface area contributed by atoms with Crippen molar-refractivity contribution >= 4 is 46.4 Å². The number of benzene rings is 2. The minimum absolute atomic E-state index is 0.0411. The fourth-order valence-corrected chi connectivity index (χ4v) is 8.78. The molecule has 2 aromatic carbocycles. The molecule has 0 spiro atoms. The number of aromatic nitrogens is 3. The molecule has 302 valence electrons. The summed E-state index contributed by atoms with van der Waals surface area (Å²) in [6.07, 6.45) is 5.04. The second-order valence-electron chi connectivity index (χ2n) is 15.8. The molecular formula is C42H46F2N10O4. The number of pyridine rings is 1. The molecular weight excluding hydrogens is 747 g/mol. The molecule has 0 radical (unpaired) electrons. The Hall–Kier alpha value is -5.90. The smallest absolute Gasteiger partial charge is 0.237 e. The van der Waals surface area contributed by atoms with E-state index in [1.54, 1.807) is 23.1 Å².